The van der Waals surface area contributed by atoms with Gasteiger partial charge in [0.2, 0.25) is 11.8 Å². The Hall–Kier alpha value is -5.56. The zero-order valence-electron chi connectivity index (χ0n) is 22.9. The van der Waals surface area contributed by atoms with Gasteiger partial charge in [-0.3, -0.25) is 0 Å². The highest BCUT2D eigenvalue weighted by Gasteiger charge is 2.32. The highest BCUT2D eigenvalue weighted by molar-refractivity contribution is 6.20. The van der Waals surface area contributed by atoms with Crippen LogP contribution in [-0.4, -0.2) is 18.4 Å². The number of hydrogen-bond acceptors (Lipinski definition) is 7. The van der Waals surface area contributed by atoms with E-state index >= 15 is 0 Å². The van der Waals surface area contributed by atoms with E-state index in [1.807, 2.05) is 91.9 Å². The van der Waals surface area contributed by atoms with Crippen LogP contribution in [0.25, 0.3) is 33.4 Å². The Labute approximate surface area is 241 Å². The molecule has 2 aliphatic rings. The molecule has 0 aliphatic carbocycles. The summed E-state index contributed by atoms with van der Waals surface area (Å²) >= 11 is 0. The number of furan rings is 2. The summed E-state index contributed by atoms with van der Waals surface area (Å²) in [6.07, 6.45) is 3.30. The Kier molecular flexibility index (Phi) is 5.50. The molecular weight excluding hydrogens is 528 g/mol. The Morgan fingerprint density at radius 1 is 0.643 bits per heavy atom. The third-order valence-electron chi connectivity index (χ3n) is 7.39. The number of nitrogens with zero attached hydrogens (tertiary/aromatic N) is 2. The first-order valence-electron chi connectivity index (χ1n) is 13.7. The summed E-state index contributed by atoms with van der Waals surface area (Å²) in [5.41, 5.74) is 5.84. The molecule has 0 atom stereocenters. The smallest absolute Gasteiger partial charge is 0.227 e. The van der Waals surface area contributed by atoms with E-state index < -0.39 is 0 Å². The maximum absolute atomic E-state index is 6.60. The molecular formula is C35H24N2O5. The van der Waals surface area contributed by atoms with Crippen molar-refractivity contribution in [2.75, 3.05) is 6.61 Å². The summed E-state index contributed by atoms with van der Waals surface area (Å²) < 4.78 is 30.6. The van der Waals surface area contributed by atoms with E-state index in [4.69, 9.17) is 33.0 Å². The third kappa shape index (κ3) is 3.89. The minimum absolute atomic E-state index is 0.465. The van der Waals surface area contributed by atoms with Gasteiger partial charge in [-0.15, -0.1) is 0 Å². The van der Waals surface area contributed by atoms with E-state index in [2.05, 4.69) is 6.92 Å². The molecule has 0 saturated carbocycles. The number of benzene rings is 4. The van der Waals surface area contributed by atoms with E-state index in [0.29, 0.717) is 41.4 Å². The summed E-state index contributed by atoms with van der Waals surface area (Å²) in [5, 5.41) is 1.60. The molecule has 4 heterocycles. The zero-order valence-corrected chi connectivity index (χ0v) is 22.9. The Morgan fingerprint density at radius 2 is 1.14 bits per heavy atom. The van der Waals surface area contributed by atoms with E-state index in [1.165, 1.54) is 0 Å². The molecule has 0 fully saturated rings. The average Bonchev–Trinajstić information content (AvgIpc) is 3.75. The zero-order chi connectivity index (χ0) is 28.2. The molecule has 42 heavy (non-hydrogen) atoms. The molecule has 0 unspecified atom stereocenters. The van der Waals surface area contributed by atoms with Crippen LogP contribution >= 0.6 is 0 Å². The summed E-state index contributed by atoms with van der Waals surface area (Å²) in [4.78, 5) is 10.0. The van der Waals surface area contributed by atoms with Gasteiger partial charge in [0.1, 0.15) is 17.3 Å². The Bertz CT molecular complexity index is 2020. The van der Waals surface area contributed by atoms with Crippen LogP contribution in [0.4, 0.5) is 11.4 Å². The van der Waals surface area contributed by atoms with Crippen LogP contribution in [0.5, 0.6) is 17.2 Å². The summed E-state index contributed by atoms with van der Waals surface area (Å²) in [7, 11) is 0. The minimum atomic E-state index is 0.465. The van der Waals surface area contributed by atoms with Crippen LogP contribution in [0.2, 0.25) is 0 Å². The van der Waals surface area contributed by atoms with Crippen LogP contribution in [0.3, 0.4) is 0 Å². The summed E-state index contributed by atoms with van der Waals surface area (Å²) in [6, 6.07) is 27.4. The van der Waals surface area contributed by atoms with Crippen LogP contribution in [-0.2, 0) is 0 Å². The Balaban J connectivity index is 1.41. The second-order valence-electron chi connectivity index (χ2n) is 10.1. The monoisotopic (exact) mass is 552 g/mol. The number of aliphatic imine (C=N–C) groups is 2. The lowest BCUT2D eigenvalue weighted by Crippen LogP contribution is -2.17. The fourth-order valence-electron chi connectivity index (χ4n) is 5.41. The van der Waals surface area contributed by atoms with Gasteiger partial charge in [-0.05, 0) is 86.6 Å². The van der Waals surface area contributed by atoms with E-state index in [9.17, 15) is 0 Å². The second-order valence-corrected chi connectivity index (χ2v) is 10.1. The fraction of sp³-hybridized carbons (Fsp3) is 0.0857. The molecule has 8 rings (SSSR count). The normalized spacial score (nSPS) is 13.3. The number of hydrogen-bond donors (Lipinski definition) is 0. The molecule has 2 aliphatic heterocycles. The quantitative estimate of drug-likeness (QED) is 0.206. The summed E-state index contributed by atoms with van der Waals surface area (Å²) in [6.45, 7) is 4.61. The van der Waals surface area contributed by atoms with Crippen molar-refractivity contribution in [1.29, 1.82) is 0 Å². The molecule has 0 spiro atoms. The van der Waals surface area contributed by atoms with Crippen molar-refractivity contribution >= 4 is 33.9 Å². The molecule has 6 aromatic rings. The summed E-state index contributed by atoms with van der Waals surface area (Å²) in [5.74, 6) is 4.35. The molecule has 7 nitrogen and oxygen atoms in total. The molecule has 0 amide bonds. The van der Waals surface area contributed by atoms with Gasteiger partial charge >= 0.3 is 0 Å². The van der Waals surface area contributed by atoms with Gasteiger partial charge in [-0.25, -0.2) is 9.98 Å². The topological polar surface area (TPSA) is 78.7 Å². The average molecular weight is 553 g/mol. The first-order valence-corrected chi connectivity index (χ1v) is 13.7. The van der Waals surface area contributed by atoms with Crippen LogP contribution in [0.15, 0.2) is 116 Å². The van der Waals surface area contributed by atoms with Crippen molar-refractivity contribution in [1.82, 2.24) is 0 Å². The van der Waals surface area contributed by atoms with Gasteiger partial charge in [-0.1, -0.05) is 17.7 Å². The maximum atomic E-state index is 6.60. The van der Waals surface area contributed by atoms with Crippen molar-refractivity contribution in [2.24, 2.45) is 9.98 Å². The van der Waals surface area contributed by atoms with E-state index in [0.717, 1.165) is 55.7 Å². The van der Waals surface area contributed by atoms with Gasteiger partial charge in [-0.2, -0.15) is 0 Å². The lowest BCUT2D eigenvalue weighted by Gasteiger charge is -2.26. The Morgan fingerprint density at radius 3 is 1.60 bits per heavy atom. The van der Waals surface area contributed by atoms with Crippen molar-refractivity contribution in [3.63, 3.8) is 0 Å². The number of rotatable bonds is 6. The number of aryl methyl sites for hydroxylation is 1. The van der Waals surface area contributed by atoms with Gasteiger partial charge in [0, 0.05) is 11.1 Å². The fourth-order valence-corrected chi connectivity index (χ4v) is 5.41. The van der Waals surface area contributed by atoms with Crippen molar-refractivity contribution in [3.05, 3.63) is 114 Å². The number of ether oxygens (including phenoxy) is 3. The lowest BCUT2D eigenvalue weighted by molar-refractivity contribution is 0.340. The van der Waals surface area contributed by atoms with E-state index in [1.54, 1.807) is 12.5 Å². The van der Waals surface area contributed by atoms with Crippen LogP contribution in [0.1, 0.15) is 23.6 Å². The molecule has 0 saturated heterocycles. The maximum Gasteiger partial charge on any atom is 0.227 e. The van der Waals surface area contributed by atoms with Gasteiger partial charge < -0.3 is 23.0 Å². The molecule has 2 aromatic heterocycles. The first-order chi connectivity index (χ1) is 20.7. The standard InChI is InChI=1S/C35H24N2O5/c1-3-38-23-14-12-22(13-15-23)35-37-27-19-24(28-6-4-16-39-28)32-30-26(36-34(41-32)21-10-8-20(2)9-11-21)18-25(29-7-5-17-40-29)33(42-35)31(27)30/h4-19H,3H2,1-2H3. The van der Waals surface area contributed by atoms with Gasteiger partial charge in [0.25, 0.3) is 0 Å². The van der Waals surface area contributed by atoms with Crippen molar-refractivity contribution in [3.8, 4) is 39.9 Å². The van der Waals surface area contributed by atoms with Crippen LogP contribution in [0, 0.1) is 6.92 Å². The first kappa shape index (κ1) is 24.3. The molecule has 204 valence electrons. The molecule has 0 N–H and O–H groups in total. The third-order valence-corrected chi connectivity index (χ3v) is 7.39. The van der Waals surface area contributed by atoms with Gasteiger partial charge in [0.05, 0.1) is 52.4 Å². The second kappa shape index (κ2) is 9.52. The largest absolute Gasteiger partial charge is 0.494 e. The lowest BCUT2D eigenvalue weighted by atomic mass is 9.94. The predicted octanol–water partition coefficient (Wildman–Crippen LogP) is 9.01. The minimum Gasteiger partial charge on any atom is -0.494 e. The van der Waals surface area contributed by atoms with Gasteiger partial charge in [0.15, 0.2) is 11.5 Å². The molecule has 7 heteroatoms. The van der Waals surface area contributed by atoms with Crippen molar-refractivity contribution < 1.29 is 23.0 Å². The molecule has 0 bridgehead atoms. The highest BCUT2D eigenvalue weighted by Crippen LogP contribution is 2.55. The predicted molar refractivity (Wildman–Crippen MR) is 162 cm³/mol. The van der Waals surface area contributed by atoms with Crippen LogP contribution < -0.4 is 14.2 Å². The molecule has 4 aromatic carbocycles. The van der Waals surface area contributed by atoms with E-state index in [-0.39, 0.29) is 0 Å². The highest BCUT2D eigenvalue weighted by atomic mass is 16.5. The SMILES string of the molecule is CCOc1ccc(C2=Nc3cc(-c4ccco4)c4c5c(cc(-c6ccco6)c(c35)O2)N=C(c2ccc(C)cc2)O4)cc1. The molecule has 0 radical (unpaired) electrons. The van der Waals surface area contributed by atoms with Crippen molar-refractivity contribution in [2.45, 2.75) is 13.8 Å².